The van der Waals surface area contributed by atoms with Crippen molar-refractivity contribution >= 4 is 66.7 Å². The Kier molecular flexibility index (Phi) is 12.5. The summed E-state index contributed by atoms with van der Waals surface area (Å²) in [5, 5.41) is 3.33. The molecule has 0 aromatic heterocycles. The van der Waals surface area contributed by atoms with Crippen molar-refractivity contribution in [2.24, 2.45) is 0 Å². The van der Waals surface area contributed by atoms with Crippen LogP contribution in [0.3, 0.4) is 0 Å². The zero-order valence-electron chi connectivity index (χ0n) is 24.7. The smallest absolute Gasteiger partial charge is 0.264 e. The van der Waals surface area contributed by atoms with Crippen molar-refractivity contribution in [1.29, 1.82) is 0 Å². The van der Waals surface area contributed by atoms with Crippen LogP contribution < -0.4 is 9.62 Å². The van der Waals surface area contributed by atoms with Crippen LogP contribution in [0.1, 0.15) is 30.9 Å². The van der Waals surface area contributed by atoms with Gasteiger partial charge in [-0.3, -0.25) is 13.9 Å². The zero-order valence-corrected chi connectivity index (χ0v) is 28.6. The van der Waals surface area contributed by atoms with Crippen LogP contribution >= 0.6 is 39.1 Å². The van der Waals surface area contributed by atoms with E-state index in [2.05, 4.69) is 21.2 Å². The van der Waals surface area contributed by atoms with Crippen LogP contribution in [0.2, 0.25) is 10.0 Å². The molecule has 0 heterocycles. The lowest BCUT2D eigenvalue weighted by Gasteiger charge is -2.34. The van der Waals surface area contributed by atoms with E-state index in [0.29, 0.717) is 6.54 Å². The van der Waals surface area contributed by atoms with Gasteiger partial charge in [-0.1, -0.05) is 113 Å². The van der Waals surface area contributed by atoms with Gasteiger partial charge < -0.3 is 10.2 Å². The first-order chi connectivity index (χ1) is 21.6. The van der Waals surface area contributed by atoms with Crippen molar-refractivity contribution in [1.82, 2.24) is 10.2 Å². The van der Waals surface area contributed by atoms with Crippen molar-refractivity contribution in [2.75, 3.05) is 17.4 Å². The van der Waals surface area contributed by atoms with Gasteiger partial charge in [0.25, 0.3) is 10.0 Å². The number of rotatable bonds is 14. The molecule has 0 radical (unpaired) electrons. The average molecular weight is 732 g/mol. The van der Waals surface area contributed by atoms with Crippen molar-refractivity contribution in [3.63, 3.8) is 0 Å². The van der Waals surface area contributed by atoms with Crippen LogP contribution in [0.5, 0.6) is 0 Å². The highest BCUT2D eigenvalue weighted by atomic mass is 79.9. The fourth-order valence-corrected chi connectivity index (χ4v) is 7.13. The van der Waals surface area contributed by atoms with Gasteiger partial charge in [-0.05, 0) is 60.0 Å². The summed E-state index contributed by atoms with van der Waals surface area (Å²) in [5.41, 5.74) is 1.66. The second-order valence-electron chi connectivity index (χ2n) is 10.4. The van der Waals surface area contributed by atoms with Crippen LogP contribution in [0.4, 0.5) is 5.69 Å². The molecule has 7 nitrogen and oxygen atoms in total. The normalized spacial score (nSPS) is 11.9. The molecule has 0 saturated carbocycles. The van der Waals surface area contributed by atoms with Gasteiger partial charge in [0.2, 0.25) is 11.8 Å². The summed E-state index contributed by atoms with van der Waals surface area (Å²) in [6.07, 6.45) is 1.89. The molecule has 4 rings (SSSR count). The number of hydrogen-bond acceptors (Lipinski definition) is 4. The van der Waals surface area contributed by atoms with Crippen molar-refractivity contribution in [3.05, 3.63) is 129 Å². The number of carbonyl (C=O) groups excluding carboxylic acids is 2. The molecular formula is C34H34BrCl2N3O4S. The Morgan fingerprint density at radius 2 is 1.53 bits per heavy atom. The van der Waals surface area contributed by atoms with Crippen LogP contribution in [0.15, 0.2) is 112 Å². The molecule has 236 valence electrons. The Hall–Kier alpha value is -3.37. The maximum absolute atomic E-state index is 14.5. The van der Waals surface area contributed by atoms with Gasteiger partial charge in [-0.15, -0.1) is 0 Å². The molecule has 11 heteroatoms. The maximum Gasteiger partial charge on any atom is 0.264 e. The molecule has 45 heavy (non-hydrogen) atoms. The number of sulfonamides is 1. The third-order valence-corrected chi connectivity index (χ3v) is 9.95. The second-order valence-corrected chi connectivity index (χ2v) is 14.0. The molecule has 0 spiro atoms. The number of nitrogens with zero attached hydrogens (tertiary/aromatic N) is 2. The van der Waals surface area contributed by atoms with E-state index in [9.17, 15) is 18.0 Å². The van der Waals surface area contributed by atoms with Gasteiger partial charge in [0.15, 0.2) is 0 Å². The third-order valence-electron chi connectivity index (χ3n) is 7.13. The minimum Gasteiger partial charge on any atom is -0.354 e. The quantitative estimate of drug-likeness (QED) is 0.136. The second kappa shape index (κ2) is 16.3. The van der Waals surface area contributed by atoms with E-state index in [0.717, 1.165) is 32.7 Å². The fraction of sp³-hybridized carbons (Fsp3) is 0.235. The van der Waals surface area contributed by atoms with Crippen LogP contribution in [-0.4, -0.2) is 44.3 Å². The number of benzene rings is 4. The van der Waals surface area contributed by atoms with Crippen LogP contribution in [0, 0.1) is 0 Å². The number of nitrogens with one attached hydrogen (secondary N) is 1. The number of carbonyl (C=O) groups is 2. The number of amides is 2. The van der Waals surface area contributed by atoms with E-state index in [1.807, 2.05) is 61.5 Å². The first kappa shape index (κ1) is 34.5. The van der Waals surface area contributed by atoms with E-state index in [1.165, 1.54) is 29.2 Å². The molecule has 1 N–H and O–H groups in total. The van der Waals surface area contributed by atoms with Gasteiger partial charge in [0, 0.05) is 29.0 Å². The summed E-state index contributed by atoms with van der Waals surface area (Å²) in [5.74, 6) is -0.911. The van der Waals surface area contributed by atoms with Gasteiger partial charge in [0.05, 0.1) is 15.6 Å². The Balaban J connectivity index is 1.81. The van der Waals surface area contributed by atoms with E-state index >= 15 is 0 Å². The van der Waals surface area contributed by atoms with E-state index < -0.39 is 28.5 Å². The highest BCUT2D eigenvalue weighted by Crippen LogP contribution is 2.33. The molecule has 0 aliphatic carbocycles. The molecule has 0 fully saturated rings. The van der Waals surface area contributed by atoms with Crippen molar-refractivity contribution < 1.29 is 18.0 Å². The van der Waals surface area contributed by atoms with E-state index in [4.69, 9.17) is 23.2 Å². The summed E-state index contributed by atoms with van der Waals surface area (Å²) in [7, 11) is -4.29. The molecule has 0 bridgehead atoms. The molecule has 4 aromatic rings. The number of halogens is 3. The van der Waals surface area contributed by atoms with Gasteiger partial charge in [-0.2, -0.15) is 0 Å². The summed E-state index contributed by atoms with van der Waals surface area (Å²) < 4.78 is 30.0. The maximum atomic E-state index is 14.5. The van der Waals surface area contributed by atoms with Crippen LogP contribution in [-0.2, 0) is 32.6 Å². The molecule has 0 aliphatic rings. The molecule has 2 amide bonds. The topological polar surface area (TPSA) is 86.8 Å². The summed E-state index contributed by atoms with van der Waals surface area (Å²) in [6.45, 7) is 1.91. The number of unbranched alkanes of at least 4 members (excludes halogenated alkanes) is 1. The Morgan fingerprint density at radius 3 is 2.20 bits per heavy atom. The minimum atomic E-state index is -4.29. The Labute approximate surface area is 283 Å². The first-order valence-electron chi connectivity index (χ1n) is 14.5. The van der Waals surface area contributed by atoms with Crippen molar-refractivity contribution in [3.8, 4) is 0 Å². The van der Waals surface area contributed by atoms with Gasteiger partial charge in [0.1, 0.15) is 12.6 Å². The third kappa shape index (κ3) is 9.33. The summed E-state index contributed by atoms with van der Waals surface area (Å²) in [6, 6.07) is 28.1. The highest BCUT2D eigenvalue weighted by molar-refractivity contribution is 9.10. The largest absolute Gasteiger partial charge is 0.354 e. The minimum absolute atomic E-state index is 0.0227. The summed E-state index contributed by atoms with van der Waals surface area (Å²) >= 11 is 16.3. The van der Waals surface area contributed by atoms with Gasteiger partial charge >= 0.3 is 0 Å². The predicted molar refractivity (Wildman–Crippen MR) is 184 cm³/mol. The van der Waals surface area contributed by atoms with E-state index in [-0.39, 0.29) is 39.5 Å². The van der Waals surface area contributed by atoms with Crippen molar-refractivity contribution in [2.45, 2.75) is 43.7 Å². The van der Waals surface area contributed by atoms with Gasteiger partial charge in [-0.25, -0.2) is 8.42 Å². The Bertz CT molecular complexity index is 1710. The highest BCUT2D eigenvalue weighted by Gasteiger charge is 2.35. The van der Waals surface area contributed by atoms with Crippen LogP contribution in [0.25, 0.3) is 0 Å². The Morgan fingerprint density at radius 1 is 0.867 bits per heavy atom. The number of hydrogen-bond donors (Lipinski definition) is 1. The zero-order chi connectivity index (χ0) is 32.4. The fourth-order valence-electron chi connectivity index (χ4n) is 4.80. The molecule has 0 aliphatic heterocycles. The number of anilines is 1. The molecule has 1 atom stereocenters. The van der Waals surface area contributed by atoms with E-state index in [1.54, 1.807) is 24.3 Å². The first-order valence-corrected chi connectivity index (χ1v) is 17.5. The molecule has 4 aromatic carbocycles. The monoisotopic (exact) mass is 729 g/mol. The average Bonchev–Trinajstić information content (AvgIpc) is 3.03. The lowest BCUT2D eigenvalue weighted by atomic mass is 10.0. The lowest BCUT2D eigenvalue weighted by molar-refractivity contribution is -0.140. The summed E-state index contributed by atoms with van der Waals surface area (Å²) in [4.78, 5) is 29.7. The molecule has 0 saturated heterocycles. The standard InChI is InChI=1S/C34H34BrCl2N3O4S/c1-2-3-19-38-34(42)32(21-25-11-6-4-7-12-25)39(23-26-13-10-14-27(35)20-26)33(41)24-40(31-22-28(36)17-18-30(31)37)45(43,44)29-15-8-5-9-16-29/h4-18,20,22,32H,2-3,19,21,23-24H2,1H3,(H,38,42)/t32-/m1/s1. The predicted octanol–water partition coefficient (Wildman–Crippen LogP) is 7.51. The SMILES string of the molecule is CCCCNC(=O)[C@@H](Cc1ccccc1)N(Cc1cccc(Br)c1)C(=O)CN(c1cc(Cl)ccc1Cl)S(=O)(=O)c1ccccc1. The molecule has 0 unspecified atom stereocenters. The molecular weight excluding hydrogens is 697 g/mol. The lowest BCUT2D eigenvalue weighted by Crippen LogP contribution is -2.53.